The Labute approximate surface area is 133 Å². The third kappa shape index (κ3) is 2.94. The summed E-state index contributed by atoms with van der Waals surface area (Å²) in [5.74, 6) is -0.987. The Balaban J connectivity index is 1.76. The largest absolute Gasteiger partial charge is 0.481 e. The number of hydrogen-bond donors (Lipinski definition) is 1. The van der Waals surface area contributed by atoms with Crippen LogP contribution in [0.3, 0.4) is 0 Å². The van der Waals surface area contributed by atoms with Crippen molar-refractivity contribution in [3.05, 3.63) is 42.2 Å². The van der Waals surface area contributed by atoms with Crippen LogP contribution in [0.15, 0.2) is 36.7 Å². The van der Waals surface area contributed by atoms with E-state index in [1.165, 1.54) is 0 Å². The number of carboxylic acid groups (broad SMARTS) is 1. The molecule has 0 radical (unpaired) electrons. The summed E-state index contributed by atoms with van der Waals surface area (Å²) in [6.45, 7) is 2.53. The molecule has 1 aromatic carbocycles. The number of amides is 1. The monoisotopic (exact) mass is 314 g/mol. The first-order valence-electron chi connectivity index (χ1n) is 7.49. The van der Waals surface area contributed by atoms with Gasteiger partial charge in [0.2, 0.25) is 0 Å². The van der Waals surface area contributed by atoms with Crippen molar-refractivity contribution in [1.29, 1.82) is 0 Å². The van der Waals surface area contributed by atoms with E-state index in [9.17, 15) is 14.7 Å². The molecule has 1 aromatic heterocycles. The zero-order valence-electron chi connectivity index (χ0n) is 12.8. The van der Waals surface area contributed by atoms with Gasteiger partial charge >= 0.3 is 5.97 Å². The fourth-order valence-electron chi connectivity index (χ4n) is 2.87. The lowest BCUT2D eigenvalue weighted by Gasteiger charge is -2.37. The molecular weight excluding hydrogens is 296 g/mol. The highest BCUT2D eigenvalue weighted by molar-refractivity contribution is 5.95. The molecule has 0 spiro atoms. The zero-order chi connectivity index (χ0) is 16.4. The Morgan fingerprint density at radius 2 is 2.00 bits per heavy atom. The van der Waals surface area contributed by atoms with E-state index in [1.807, 2.05) is 0 Å². The molecule has 0 aliphatic carbocycles. The highest BCUT2D eigenvalue weighted by atomic mass is 16.4. The Bertz CT molecular complexity index is 711. The average molecular weight is 314 g/mol. The van der Waals surface area contributed by atoms with E-state index in [2.05, 4.69) is 10.3 Å². The zero-order valence-corrected chi connectivity index (χ0v) is 12.8. The van der Waals surface area contributed by atoms with Gasteiger partial charge in [0.1, 0.15) is 0 Å². The molecule has 1 fully saturated rings. The summed E-state index contributed by atoms with van der Waals surface area (Å²) < 4.78 is 1.61. The van der Waals surface area contributed by atoms with Crippen LogP contribution >= 0.6 is 0 Å². The van der Waals surface area contributed by atoms with Crippen molar-refractivity contribution < 1.29 is 14.7 Å². The number of carbonyl (C=O) groups excluding carboxylic acids is 1. The summed E-state index contributed by atoms with van der Waals surface area (Å²) in [6.07, 6.45) is 4.60. The molecule has 7 heteroatoms. The van der Waals surface area contributed by atoms with Gasteiger partial charge in [0.25, 0.3) is 5.91 Å². The van der Waals surface area contributed by atoms with Gasteiger partial charge in [0.15, 0.2) is 0 Å². The summed E-state index contributed by atoms with van der Waals surface area (Å²) in [6, 6.07) is 7.04. The van der Waals surface area contributed by atoms with Crippen molar-refractivity contribution in [3.63, 3.8) is 0 Å². The molecule has 3 rings (SSSR count). The van der Waals surface area contributed by atoms with Crippen LogP contribution in [0, 0.1) is 5.41 Å². The van der Waals surface area contributed by atoms with Crippen LogP contribution in [0.1, 0.15) is 30.1 Å². The molecule has 1 saturated heterocycles. The first-order chi connectivity index (χ1) is 11.0. The Kier molecular flexibility index (Phi) is 3.85. The number of benzene rings is 1. The van der Waals surface area contributed by atoms with Gasteiger partial charge in [-0.05, 0) is 44.0 Å². The first-order valence-corrected chi connectivity index (χ1v) is 7.49. The number of carbonyl (C=O) groups is 2. The van der Waals surface area contributed by atoms with Crippen molar-refractivity contribution in [2.24, 2.45) is 5.41 Å². The van der Waals surface area contributed by atoms with E-state index < -0.39 is 11.4 Å². The molecule has 0 bridgehead atoms. The van der Waals surface area contributed by atoms with Crippen LogP contribution < -0.4 is 0 Å². The number of aliphatic carboxylic acids is 1. The van der Waals surface area contributed by atoms with Crippen molar-refractivity contribution >= 4 is 11.9 Å². The predicted octanol–water partition coefficient (Wildman–Crippen LogP) is 1.59. The molecular formula is C16H18N4O3. The topological polar surface area (TPSA) is 88.3 Å². The minimum atomic E-state index is -0.866. The maximum Gasteiger partial charge on any atom is 0.311 e. The van der Waals surface area contributed by atoms with Crippen LogP contribution in [-0.2, 0) is 4.79 Å². The molecule has 1 amide bonds. The van der Waals surface area contributed by atoms with Crippen LogP contribution in [0.4, 0.5) is 0 Å². The Morgan fingerprint density at radius 3 is 2.61 bits per heavy atom. The molecule has 2 aromatic rings. The number of likely N-dealkylation sites (tertiary alicyclic amines) is 1. The van der Waals surface area contributed by atoms with Crippen molar-refractivity contribution in [1.82, 2.24) is 19.9 Å². The second kappa shape index (κ2) is 5.83. The highest BCUT2D eigenvalue weighted by Crippen LogP contribution is 2.30. The molecule has 2 heterocycles. The van der Waals surface area contributed by atoms with Crippen LogP contribution in [0.5, 0.6) is 0 Å². The van der Waals surface area contributed by atoms with E-state index in [0.29, 0.717) is 24.9 Å². The second-order valence-corrected chi connectivity index (χ2v) is 6.09. The molecule has 1 aliphatic rings. The normalized spacial score (nSPS) is 21.2. The number of rotatable bonds is 3. The molecule has 7 nitrogen and oxygen atoms in total. The Hall–Kier alpha value is -2.70. The van der Waals surface area contributed by atoms with E-state index in [0.717, 1.165) is 5.69 Å². The number of piperidine rings is 1. The summed E-state index contributed by atoms with van der Waals surface area (Å²) in [5, 5.41) is 17.0. The van der Waals surface area contributed by atoms with Crippen LogP contribution in [0.2, 0.25) is 0 Å². The molecule has 1 atom stereocenters. The summed E-state index contributed by atoms with van der Waals surface area (Å²) in [7, 11) is 0. The van der Waals surface area contributed by atoms with Gasteiger partial charge in [-0.2, -0.15) is 0 Å². The third-order valence-corrected chi connectivity index (χ3v) is 4.30. The van der Waals surface area contributed by atoms with E-state index in [4.69, 9.17) is 0 Å². The van der Waals surface area contributed by atoms with E-state index >= 15 is 0 Å². The predicted molar refractivity (Wildman–Crippen MR) is 82.2 cm³/mol. The third-order valence-electron chi connectivity index (χ3n) is 4.30. The molecule has 1 N–H and O–H groups in total. The molecule has 23 heavy (non-hydrogen) atoms. The quantitative estimate of drug-likeness (QED) is 0.929. The second-order valence-electron chi connectivity index (χ2n) is 6.09. The summed E-state index contributed by atoms with van der Waals surface area (Å²) in [4.78, 5) is 25.6. The molecule has 1 unspecified atom stereocenters. The Morgan fingerprint density at radius 1 is 1.26 bits per heavy atom. The lowest BCUT2D eigenvalue weighted by molar-refractivity contribution is -0.150. The average Bonchev–Trinajstić information content (AvgIpc) is 3.09. The standard InChI is InChI=1S/C16H18N4O3/c1-16(15(22)23)7-2-9-19(11-16)14(21)12-3-5-13(6-4-12)20-10-8-17-18-20/h3-6,8,10H,2,7,9,11H2,1H3,(H,22,23). The van der Waals surface area contributed by atoms with Gasteiger partial charge in [0.05, 0.1) is 23.5 Å². The minimum Gasteiger partial charge on any atom is -0.481 e. The van der Waals surface area contributed by atoms with E-state index in [1.54, 1.807) is 53.2 Å². The van der Waals surface area contributed by atoms with Crippen molar-refractivity contribution in [2.45, 2.75) is 19.8 Å². The molecule has 120 valence electrons. The lowest BCUT2D eigenvalue weighted by Crippen LogP contribution is -2.48. The van der Waals surface area contributed by atoms with Crippen molar-refractivity contribution in [2.75, 3.05) is 13.1 Å². The number of aromatic nitrogens is 3. The maximum absolute atomic E-state index is 12.6. The van der Waals surface area contributed by atoms with Gasteiger partial charge in [-0.25, -0.2) is 4.68 Å². The maximum atomic E-state index is 12.6. The van der Waals surface area contributed by atoms with Crippen LogP contribution in [0.25, 0.3) is 5.69 Å². The summed E-state index contributed by atoms with van der Waals surface area (Å²) >= 11 is 0. The van der Waals surface area contributed by atoms with Gasteiger partial charge in [0, 0.05) is 18.7 Å². The first kappa shape index (κ1) is 15.2. The van der Waals surface area contributed by atoms with Gasteiger partial charge < -0.3 is 10.0 Å². The number of hydrogen-bond acceptors (Lipinski definition) is 4. The fraction of sp³-hybridized carbons (Fsp3) is 0.375. The molecule has 1 aliphatic heterocycles. The SMILES string of the molecule is CC1(C(=O)O)CCCN(C(=O)c2ccc(-n3ccnn3)cc2)C1. The summed E-state index contributed by atoms with van der Waals surface area (Å²) in [5.41, 5.74) is 0.491. The minimum absolute atomic E-state index is 0.137. The number of nitrogens with zero attached hydrogens (tertiary/aromatic N) is 4. The molecule has 0 saturated carbocycles. The van der Waals surface area contributed by atoms with Crippen molar-refractivity contribution in [3.8, 4) is 5.69 Å². The van der Waals surface area contributed by atoms with Gasteiger partial charge in [-0.1, -0.05) is 5.21 Å². The highest BCUT2D eigenvalue weighted by Gasteiger charge is 2.39. The smallest absolute Gasteiger partial charge is 0.311 e. The van der Waals surface area contributed by atoms with Crippen LogP contribution in [-0.4, -0.2) is 50.0 Å². The van der Waals surface area contributed by atoms with Gasteiger partial charge in [-0.3, -0.25) is 9.59 Å². The van der Waals surface area contributed by atoms with Gasteiger partial charge in [-0.15, -0.1) is 5.10 Å². The van der Waals surface area contributed by atoms with E-state index in [-0.39, 0.29) is 12.5 Å². The lowest BCUT2D eigenvalue weighted by atomic mass is 9.82. The number of carboxylic acids is 1. The fourth-order valence-corrected chi connectivity index (χ4v) is 2.87.